The number of fused-ring (bicyclic) bond motifs is 1. The Bertz CT molecular complexity index is 486. The summed E-state index contributed by atoms with van der Waals surface area (Å²) in [4.78, 5) is 8.38. The molecule has 0 amide bonds. The minimum Gasteiger partial charge on any atom is -0.380 e. The number of hydrogen-bond donors (Lipinski definition) is 1. The zero-order chi connectivity index (χ0) is 11.6. The summed E-state index contributed by atoms with van der Waals surface area (Å²) < 4.78 is 0. The molecule has 2 rings (SSSR count). The van der Waals surface area contributed by atoms with E-state index in [9.17, 15) is 0 Å². The molecule has 0 bridgehead atoms. The monoisotopic (exact) mass is 215 g/mol. The topological polar surface area (TPSA) is 37.8 Å². The Labute approximate surface area is 95.9 Å². The summed E-state index contributed by atoms with van der Waals surface area (Å²) in [5, 5.41) is 4.67. The van der Waals surface area contributed by atoms with Crippen LogP contribution in [0.2, 0.25) is 0 Å². The smallest absolute Gasteiger partial charge is 0.0905 e. The largest absolute Gasteiger partial charge is 0.380 e. The predicted molar refractivity (Wildman–Crippen MR) is 67.5 cm³/mol. The van der Waals surface area contributed by atoms with Gasteiger partial charge in [-0.1, -0.05) is 6.92 Å². The first-order chi connectivity index (χ1) is 7.62. The minimum atomic E-state index is 0.0948. The third-order valence-electron chi connectivity index (χ3n) is 2.90. The molecule has 0 aliphatic rings. The van der Waals surface area contributed by atoms with Crippen LogP contribution in [0.5, 0.6) is 0 Å². The van der Waals surface area contributed by atoms with Crippen LogP contribution in [-0.4, -0.2) is 15.5 Å². The molecule has 0 atom stereocenters. The van der Waals surface area contributed by atoms with E-state index in [1.54, 1.807) is 12.4 Å². The molecule has 0 aromatic carbocycles. The lowest BCUT2D eigenvalue weighted by Crippen LogP contribution is -2.29. The van der Waals surface area contributed by atoms with E-state index in [-0.39, 0.29) is 5.54 Å². The second-order valence-electron chi connectivity index (χ2n) is 4.61. The van der Waals surface area contributed by atoms with E-state index in [2.05, 4.69) is 36.1 Å². The van der Waals surface area contributed by atoms with Crippen LogP contribution in [0.15, 0.2) is 30.7 Å². The lowest BCUT2D eigenvalue weighted by atomic mass is 10.0. The standard InChI is InChI=1S/C13H17N3/c1-4-13(2,3)16-11-6-8-15-12-9-14-7-5-10(11)12/h5-9H,4H2,1-3H3,(H,15,16). The van der Waals surface area contributed by atoms with E-state index in [1.165, 1.54) is 0 Å². The van der Waals surface area contributed by atoms with Crippen LogP contribution < -0.4 is 5.32 Å². The fraction of sp³-hybridized carbons (Fsp3) is 0.385. The van der Waals surface area contributed by atoms with E-state index >= 15 is 0 Å². The van der Waals surface area contributed by atoms with E-state index in [0.717, 1.165) is 23.0 Å². The molecule has 84 valence electrons. The molecule has 0 fully saturated rings. The second kappa shape index (κ2) is 4.08. The van der Waals surface area contributed by atoms with Gasteiger partial charge < -0.3 is 5.32 Å². The van der Waals surface area contributed by atoms with Crippen LogP contribution in [0.25, 0.3) is 10.9 Å². The summed E-state index contributed by atoms with van der Waals surface area (Å²) in [6.07, 6.45) is 6.48. The van der Waals surface area contributed by atoms with E-state index in [0.29, 0.717) is 0 Å². The first-order valence-electron chi connectivity index (χ1n) is 5.59. The number of rotatable bonds is 3. The zero-order valence-corrected chi connectivity index (χ0v) is 9.99. The normalized spacial score (nSPS) is 11.7. The molecule has 16 heavy (non-hydrogen) atoms. The predicted octanol–water partition coefficient (Wildman–Crippen LogP) is 3.23. The summed E-state index contributed by atoms with van der Waals surface area (Å²) >= 11 is 0. The molecule has 0 saturated heterocycles. The van der Waals surface area contributed by atoms with Crippen molar-refractivity contribution in [2.24, 2.45) is 0 Å². The molecule has 1 N–H and O–H groups in total. The van der Waals surface area contributed by atoms with Gasteiger partial charge in [0.2, 0.25) is 0 Å². The van der Waals surface area contributed by atoms with Crippen LogP contribution in [-0.2, 0) is 0 Å². The zero-order valence-electron chi connectivity index (χ0n) is 9.99. The van der Waals surface area contributed by atoms with Crippen molar-refractivity contribution in [3.63, 3.8) is 0 Å². The number of nitrogens with zero attached hydrogens (tertiary/aromatic N) is 2. The maximum Gasteiger partial charge on any atom is 0.0905 e. The quantitative estimate of drug-likeness (QED) is 0.854. The number of anilines is 1. The Hall–Kier alpha value is -1.64. The van der Waals surface area contributed by atoms with Gasteiger partial charge in [-0.25, -0.2) is 0 Å². The summed E-state index contributed by atoms with van der Waals surface area (Å²) in [5.41, 5.74) is 2.15. The van der Waals surface area contributed by atoms with Crippen molar-refractivity contribution in [3.05, 3.63) is 30.7 Å². The van der Waals surface area contributed by atoms with Gasteiger partial charge in [0.25, 0.3) is 0 Å². The van der Waals surface area contributed by atoms with E-state index in [1.807, 2.05) is 18.3 Å². The molecule has 2 aromatic heterocycles. The van der Waals surface area contributed by atoms with Gasteiger partial charge in [-0.3, -0.25) is 9.97 Å². The van der Waals surface area contributed by atoms with E-state index in [4.69, 9.17) is 0 Å². The molecule has 0 aliphatic heterocycles. The van der Waals surface area contributed by atoms with Crippen molar-refractivity contribution in [2.75, 3.05) is 5.32 Å². The van der Waals surface area contributed by atoms with E-state index < -0.39 is 0 Å². The van der Waals surface area contributed by atoms with Gasteiger partial charge in [-0.05, 0) is 32.4 Å². The lowest BCUT2D eigenvalue weighted by Gasteiger charge is -2.26. The summed E-state index contributed by atoms with van der Waals surface area (Å²) in [7, 11) is 0. The Kier molecular flexibility index (Phi) is 2.77. The minimum absolute atomic E-state index is 0.0948. The van der Waals surface area contributed by atoms with Crippen LogP contribution in [0.4, 0.5) is 5.69 Å². The average Bonchev–Trinajstić information content (AvgIpc) is 2.29. The molecule has 3 heteroatoms. The molecule has 0 radical (unpaired) electrons. The van der Waals surface area contributed by atoms with Crippen LogP contribution in [0.1, 0.15) is 27.2 Å². The summed E-state index contributed by atoms with van der Waals surface area (Å²) in [6, 6.07) is 4.01. The van der Waals surface area contributed by atoms with Gasteiger partial charge in [0.15, 0.2) is 0 Å². The van der Waals surface area contributed by atoms with Crippen molar-refractivity contribution in [2.45, 2.75) is 32.7 Å². The lowest BCUT2D eigenvalue weighted by molar-refractivity contribution is 0.548. The van der Waals surface area contributed by atoms with Crippen molar-refractivity contribution < 1.29 is 0 Å². The van der Waals surface area contributed by atoms with Gasteiger partial charge >= 0.3 is 0 Å². The van der Waals surface area contributed by atoms with Gasteiger partial charge in [-0.2, -0.15) is 0 Å². The first-order valence-corrected chi connectivity index (χ1v) is 5.59. The van der Waals surface area contributed by atoms with Crippen LogP contribution in [0.3, 0.4) is 0 Å². The fourth-order valence-electron chi connectivity index (χ4n) is 1.56. The Balaban J connectivity index is 2.45. The highest BCUT2D eigenvalue weighted by Gasteiger charge is 2.15. The number of pyridine rings is 2. The molecule has 2 heterocycles. The molecular weight excluding hydrogens is 198 g/mol. The van der Waals surface area contributed by atoms with Gasteiger partial charge in [0.1, 0.15) is 0 Å². The third-order valence-corrected chi connectivity index (χ3v) is 2.90. The van der Waals surface area contributed by atoms with Gasteiger partial charge in [0.05, 0.1) is 11.7 Å². The SMILES string of the molecule is CCC(C)(C)Nc1ccnc2cnccc12. The van der Waals surface area contributed by atoms with Crippen molar-refractivity contribution in [3.8, 4) is 0 Å². The molecule has 2 aromatic rings. The number of nitrogens with one attached hydrogen (secondary N) is 1. The van der Waals surface area contributed by atoms with Gasteiger partial charge in [0, 0.05) is 29.0 Å². The van der Waals surface area contributed by atoms with Crippen molar-refractivity contribution >= 4 is 16.6 Å². The van der Waals surface area contributed by atoms with Crippen molar-refractivity contribution in [1.82, 2.24) is 9.97 Å². The van der Waals surface area contributed by atoms with Crippen molar-refractivity contribution in [1.29, 1.82) is 0 Å². The number of aromatic nitrogens is 2. The maximum absolute atomic E-state index is 4.30. The third kappa shape index (κ3) is 2.13. The molecule has 0 unspecified atom stereocenters. The highest BCUT2D eigenvalue weighted by atomic mass is 15.0. The Morgan fingerprint density at radius 2 is 2.06 bits per heavy atom. The molecular formula is C13H17N3. The summed E-state index contributed by atoms with van der Waals surface area (Å²) in [5.74, 6) is 0. The maximum atomic E-state index is 4.30. The molecule has 0 spiro atoms. The first kappa shape index (κ1) is 10.9. The highest BCUT2D eigenvalue weighted by molar-refractivity contribution is 5.90. The highest BCUT2D eigenvalue weighted by Crippen LogP contribution is 2.24. The molecule has 3 nitrogen and oxygen atoms in total. The van der Waals surface area contributed by atoms with Crippen LogP contribution >= 0.6 is 0 Å². The summed E-state index contributed by atoms with van der Waals surface area (Å²) in [6.45, 7) is 6.57. The fourth-order valence-corrected chi connectivity index (χ4v) is 1.56. The molecule has 0 saturated carbocycles. The Morgan fingerprint density at radius 1 is 1.25 bits per heavy atom. The van der Waals surface area contributed by atoms with Gasteiger partial charge in [-0.15, -0.1) is 0 Å². The Morgan fingerprint density at radius 3 is 2.81 bits per heavy atom. The average molecular weight is 215 g/mol. The number of hydrogen-bond acceptors (Lipinski definition) is 3. The van der Waals surface area contributed by atoms with Crippen LogP contribution in [0, 0.1) is 0 Å². The second-order valence-corrected chi connectivity index (χ2v) is 4.61. The molecule has 0 aliphatic carbocycles.